The molecule has 1 nitrogen and oxygen atoms in total. The molecule has 0 saturated heterocycles. The third-order valence-electron chi connectivity index (χ3n) is 2.86. The second-order valence-electron chi connectivity index (χ2n) is 5.17. The van der Waals surface area contributed by atoms with Crippen LogP contribution in [0, 0.1) is 0 Å². The topological polar surface area (TPSA) is 12.0 Å². The van der Waals surface area contributed by atoms with Crippen molar-refractivity contribution in [2.75, 3.05) is 19.1 Å². The maximum Gasteiger partial charge on any atom is 0.0409 e. The van der Waals surface area contributed by atoms with Crippen LogP contribution in [0.3, 0.4) is 0 Å². The molecule has 1 aromatic rings. The summed E-state index contributed by atoms with van der Waals surface area (Å²) in [6.45, 7) is 6.75. The Labute approximate surface area is 104 Å². The minimum atomic E-state index is 0.243. The van der Waals surface area contributed by atoms with E-state index in [2.05, 4.69) is 56.6 Å². The first-order chi connectivity index (χ1) is 7.49. The number of rotatable bonds is 4. The summed E-state index contributed by atoms with van der Waals surface area (Å²) in [5, 5.41) is 3.36. The van der Waals surface area contributed by atoms with Gasteiger partial charge in [0, 0.05) is 11.8 Å². The van der Waals surface area contributed by atoms with Crippen molar-refractivity contribution in [1.29, 1.82) is 0 Å². The molecule has 1 rings (SSSR count). The van der Waals surface area contributed by atoms with Gasteiger partial charge < -0.3 is 5.32 Å². The summed E-state index contributed by atoms with van der Waals surface area (Å²) in [5.74, 6) is 1.12. The van der Waals surface area contributed by atoms with Gasteiger partial charge in [-0.2, -0.15) is 11.8 Å². The zero-order chi connectivity index (χ0) is 12.2. The van der Waals surface area contributed by atoms with Crippen LogP contribution in [0.2, 0.25) is 0 Å². The lowest BCUT2D eigenvalue weighted by atomic mass is 9.86. The number of benzene rings is 1. The van der Waals surface area contributed by atoms with Crippen LogP contribution in [0.25, 0.3) is 0 Å². The van der Waals surface area contributed by atoms with Crippen LogP contribution in [0.5, 0.6) is 0 Å². The molecule has 0 aliphatic rings. The van der Waals surface area contributed by atoms with Crippen molar-refractivity contribution in [3.05, 3.63) is 35.4 Å². The molecular formula is C14H23NS. The Morgan fingerprint density at radius 1 is 1.19 bits per heavy atom. The van der Waals surface area contributed by atoms with E-state index in [0.29, 0.717) is 6.04 Å². The smallest absolute Gasteiger partial charge is 0.0409 e. The van der Waals surface area contributed by atoms with E-state index in [1.54, 1.807) is 0 Å². The van der Waals surface area contributed by atoms with Crippen molar-refractivity contribution in [1.82, 2.24) is 5.32 Å². The van der Waals surface area contributed by atoms with E-state index in [-0.39, 0.29) is 5.41 Å². The Hall–Kier alpha value is -0.470. The summed E-state index contributed by atoms with van der Waals surface area (Å²) >= 11 is 1.88. The number of hydrogen-bond donors (Lipinski definition) is 1. The Morgan fingerprint density at radius 2 is 1.75 bits per heavy atom. The average Bonchev–Trinajstić information content (AvgIpc) is 2.25. The first-order valence-corrected chi connectivity index (χ1v) is 7.15. The molecule has 0 bridgehead atoms. The fraction of sp³-hybridized carbons (Fsp3) is 0.571. The highest BCUT2D eigenvalue weighted by Crippen LogP contribution is 2.24. The number of thioether (sulfide) groups is 1. The van der Waals surface area contributed by atoms with Gasteiger partial charge in [-0.1, -0.05) is 45.0 Å². The van der Waals surface area contributed by atoms with Crippen molar-refractivity contribution >= 4 is 11.8 Å². The van der Waals surface area contributed by atoms with Crippen molar-refractivity contribution in [3.8, 4) is 0 Å². The SMILES string of the molecule is CNC(CSC)c1ccc(C(C)(C)C)cc1. The maximum atomic E-state index is 3.36. The standard InChI is InChI=1S/C14H23NS/c1-14(2,3)12-8-6-11(7-9-12)13(15-4)10-16-5/h6-9,13,15H,10H2,1-5H3. The lowest BCUT2D eigenvalue weighted by Crippen LogP contribution is -2.19. The van der Waals surface area contributed by atoms with Gasteiger partial charge in [-0.3, -0.25) is 0 Å². The van der Waals surface area contributed by atoms with Crippen molar-refractivity contribution in [3.63, 3.8) is 0 Å². The molecule has 1 N–H and O–H groups in total. The van der Waals surface area contributed by atoms with E-state index in [1.165, 1.54) is 11.1 Å². The minimum Gasteiger partial charge on any atom is -0.312 e. The second kappa shape index (κ2) is 5.74. The van der Waals surface area contributed by atoms with Crippen LogP contribution in [0.15, 0.2) is 24.3 Å². The van der Waals surface area contributed by atoms with Crippen molar-refractivity contribution in [2.24, 2.45) is 0 Å². The molecule has 1 aromatic carbocycles. The zero-order valence-corrected chi connectivity index (χ0v) is 11.8. The van der Waals surface area contributed by atoms with Gasteiger partial charge in [-0.15, -0.1) is 0 Å². The second-order valence-corrected chi connectivity index (χ2v) is 6.08. The van der Waals surface area contributed by atoms with E-state index in [4.69, 9.17) is 0 Å². The largest absolute Gasteiger partial charge is 0.312 e. The first-order valence-electron chi connectivity index (χ1n) is 5.75. The van der Waals surface area contributed by atoms with Gasteiger partial charge in [-0.05, 0) is 29.8 Å². The highest BCUT2D eigenvalue weighted by Gasteiger charge is 2.14. The average molecular weight is 237 g/mol. The summed E-state index contributed by atoms with van der Waals surface area (Å²) in [4.78, 5) is 0. The lowest BCUT2D eigenvalue weighted by Gasteiger charge is -2.21. The van der Waals surface area contributed by atoms with Crippen LogP contribution in [0.1, 0.15) is 37.9 Å². The Morgan fingerprint density at radius 3 is 2.12 bits per heavy atom. The van der Waals surface area contributed by atoms with E-state index in [9.17, 15) is 0 Å². The van der Waals surface area contributed by atoms with Gasteiger partial charge in [0.2, 0.25) is 0 Å². The lowest BCUT2D eigenvalue weighted by molar-refractivity contribution is 0.588. The van der Waals surface area contributed by atoms with Crippen LogP contribution in [-0.2, 0) is 5.41 Å². The predicted octanol–water partition coefficient (Wildman–Crippen LogP) is 3.61. The van der Waals surface area contributed by atoms with Gasteiger partial charge in [0.05, 0.1) is 0 Å². The van der Waals surface area contributed by atoms with Gasteiger partial charge in [0.15, 0.2) is 0 Å². The molecule has 16 heavy (non-hydrogen) atoms. The van der Waals surface area contributed by atoms with Gasteiger partial charge in [-0.25, -0.2) is 0 Å². The molecule has 90 valence electrons. The molecule has 0 saturated carbocycles. The summed E-state index contributed by atoms with van der Waals surface area (Å²) in [5.41, 5.74) is 3.02. The molecular weight excluding hydrogens is 214 g/mol. The minimum absolute atomic E-state index is 0.243. The Kier molecular flexibility index (Phi) is 4.88. The van der Waals surface area contributed by atoms with E-state index >= 15 is 0 Å². The normalized spacial score (nSPS) is 13.8. The fourth-order valence-corrected chi connectivity index (χ4v) is 2.42. The van der Waals surface area contributed by atoms with Gasteiger partial charge in [0.25, 0.3) is 0 Å². The number of hydrogen-bond acceptors (Lipinski definition) is 2. The Bertz CT molecular complexity index is 311. The molecule has 0 aromatic heterocycles. The molecule has 0 aliphatic carbocycles. The fourth-order valence-electron chi connectivity index (χ4n) is 1.73. The van der Waals surface area contributed by atoms with E-state index < -0.39 is 0 Å². The summed E-state index contributed by atoms with van der Waals surface area (Å²) in [6, 6.07) is 9.46. The molecule has 0 amide bonds. The highest BCUT2D eigenvalue weighted by atomic mass is 32.2. The molecule has 0 aliphatic heterocycles. The van der Waals surface area contributed by atoms with Crippen LogP contribution < -0.4 is 5.32 Å². The highest BCUT2D eigenvalue weighted by molar-refractivity contribution is 7.98. The molecule has 2 heteroatoms. The number of nitrogens with one attached hydrogen (secondary N) is 1. The summed E-state index contributed by atoms with van der Waals surface area (Å²) in [6.07, 6.45) is 2.15. The maximum absolute atomic E-state index is 3.36. The summed E-state index contributed by atoms with van der Waals surface area (Å²) < 4.78 is 0. The van der Waals surface area contributed by atoms with Crippen molar-refractivity contribution in [2.45, 2.75) is 32.2 Å². The monoisotopic (exact) mass is 237 g/mol. The molecule has 1 atom stereocenters. The quantitative estimate of drug-likeness (QED) is 0.858. The van der Waals surface area contributed by atoms with Crippen LogP contribution >= 0.6 is 11.8 Å². The summed E-state index contributed by atoms with van der Waals surface area (Å²) in [7, 11) is 2.03. The van der Waals surface area contributed by atoms with Crippen molar-refractivity contribution < 1.29 is 0 Å². The molecule has 0 heterocycles. The molecule has 0 radical (unpaired) electrons. The molecule has 1 unspecified atom stereocenters. The third kappa shape index (κ3) is 3.53. The first kappa shape index (κ1) is 13.6. The third-order valence-corrected chi connectivity index (χ3v) is 3.53. The molecule has 0 fully saturated rings. The Balaban J connectivity index is 2.85. The molecule has 0 spiro atoms. The van der Waals surface area contributed by atoms with E-state index in [1.807, 2.05) is 18.8 Å². The van der Waals surface area contributed by atoms with Gasteiger partial charge >= 0.3 is 0 Å². The van der Waals surface area contributed by atoms with Crippen LogP contribution in [0.4, 0.5) is 0 Å². The van der Waals surface area contributed by atoms with E-state index in [0.717, 1.165) is 5.75 Å². The van der Waals surface area contributed by atoms with Gasteiger partial charge in [0.1, 0.15) is 0 Å². The van der Waals surface area contributed by atoms with Crippen LogP contribution in [-0.4, -0.2) is 19.1 Å². The zero-order valence-electron chi connectivity index (χ0n) is 11.0. The predicted molar refractivity (Wildman–Crippen MR) is 75.3 cm³/mol.